The maximum atomic E-state index is 4.79. The number of likely N-dealkylation sites (N-methyl/N-ethyl adjacent to an activating group) is 1. The number of hydrogen-bond acceptors (Lipinski definition) is 3. The van der Waals surface area contributed by atoms with Crippen LogP contribution in [0.4, 0.5) is 0 Å². The van der Waals surface area contributed by atoms with E-state index in [0.29, 0.717) is 0 Å². The van der Waals surface area contributed by atoms with E-state index in [4.69, 9.17) is 9.98 Å². The molecule has 2 N–H and O–H groups in total. The number of aliphatic imine (C=N–C) groups is 2. The fourth-order valence-electron chi connectivity index (χ4n) is 3.14. The smallest absolute Gasteiger partial charge is 0.202 e. The van der Waals surface area contributed by atoms with Crippen LogP contribution < -0.4 is 10.6 Å². The van der Waals surface area contributed by atoms with Gasteiger partial charge in [-0.1, -0.05) is 69.4 Å². The van der Waals surface area contributed by atoms with E-state index in [-0.39, 0.29) is 5.66 Å². The average molecular weight is 372 g/mol. The Kier molecular flexibility index (Phi) is 8.62. The third-order valence-corrected chi connectivity index (χ3v) is 4.76. The summed E-state index contributed by atoms with van der Waals surface area (Å²) in [4.78, 5) is 11.7. The fraction of sp³-hybridized carbons (Fsp3) is 0.636. The van der Waals surface area contributed by atoms with Crippen LogP contribution >= 0.6 is 0 Å². The molecule has 0 spiro atoms. The molecule has 1 aliphatic heterocycles. The summed E-state index contributed by atoms with van der Waals surface area (Å²) < 4.78 is 0. The van der Waals surface area contributed by atoms with E-state index < -0.39 is 0 Å². The monoisotopic (exact) mass is 371 g/mol. The van der Waals surface area contributed by atoms with Crippen LogP contribution in [0.5, 0.6) is 0 Å². The van der Waals surface area contributed by atoms with Crippen molar-refractivity contribution in [2.24, 2.45) is 9.98 Å². The number of nitrogens with one attached hydrogen (secondary N) is 2. The third kappa shape index (κ3) is 8.02. The quantitative estimate of drug-likeness (QED) is 0.607. The number of rotatable bonds is 10. The molecule has 0 saturated carbocycles. The minimum atomic E-state index is -0.346. The Hall–Kier alpha value is -2.04. The summed E-state index contributed by atoms with van der Waals surface area (Å²) in [7, 11) is 2.08. The van der Waals surface area contributed by atoms with Gasteiger partial charge in [-0.15, -0.1) is 0 Å². The molecule has 1 aliphatic rings. The van der Waals surface area contributed by atoms with Gasteiger partial charge in [-0.2, -0.15) is 0 Å². The summed E-state index contributed by atoms with van der Waals surface area (Å²) >= 11 is 0. The van der Waals surface area contributed by atoms with Crippen LogP contribution in [0.25, 0.3) is 0 Å². The lowest BCUT2D eigenvalue weighted by Crippen LogP contribution is -2.59. The molecule has 0 saturated heterocycles. The molecule has 0 amide bonds. The van der Waals surface area contributed by atoms with Crippen molar-refractivity contribution in [1.82, 2.24) is 15.5 Å². The van der Waals surface area contributed by atoms with Crippen molar-refractivity contribution in [3.63, 3.8) is 0 Å². The van der Waals surface area contributed by atoms with Gasteiger partial charge < -0.3 is 10.2 Å². The van der Waals surface area contributed by atoms with Crippen LogP contribution in [-0.2, 0) is 6.42 Å². The van der Waals surface area contributed by atoms with Crippen molar-refractivity contribution < 1.29 is 0 Å². The van der Waals surface area contributed by atoms with E-state index in [9.17, 15) is 0 Å². The van der Waals surface area contributed by atoms with Crippen LogP contribution in [0.2, 0.25) is 0 Å². The molecule has 0 aromatic heterocycles. The normalized spacial score (nSPS) is 17.2. The summed E-state index contributed by atoms with van der Waals surface area (Å²) in [5, 5.41) is 6.76. The molecular weight excluding hydrogens is 334 g/mol. The second-order valence-electron chi connectivity index (χ2n) is 7.90. The molecule has 0 radical (unpaired) electrons. The van der Waals surface area contributed by atoms with Crippen molar-refractivity contribution in [2.45, 2.75) is 71.4 Å². The lowest BCUT2D eigenvalue weighted by atomic mass is 10.1. The zero-order valence-electron chi connectivity index (χ0n) is 17.6. The second-order valence-corrected chi connectivity index (χ2v) is 7.90. The Balaban J connectivity index is 1.83. The van der Waals surface area contributed by atoms with E-state index in [1.807, 2.05) is 0 Å². The van der Waals surface area contributed by atoms with E-state index in [2.05, 4.69) is 73.7 Å². The molecule has 5 heteroatoms. The van der Waals surface area contributed by atoms with Crippen LogP contribution in [-0.4, -0.2) is 42.6 Å². The summed E-state index contributed by atoms with van der Waals surface area (Å²) in [5.41, 5.74) is 0.997. The first-order valence-electron chi connectivity index (χ1n) is 10.4. The molecule has 0 aliphatic carbocycles. The average Bonchev–Trinajstić information content (AvgIpc) is 2.65. The predicted octanol–water partition coefficient (Wildman–Crippen LogP) is 4.16. The van der Waals surface area contributed by atoms with Gasteiger partial charge in [0, 0.05) is 20.1 Å². The van der Waals surface area contributed by atoms with E-state index in [1.54, 1.807) is 0 Å². The van der Waals surface area contributed by atoms with Gasteiger partial charge in [0.2, 0.25) is 5.96 Å². The molecule has 0 bridgehead atoms. The second kappa shape index (κ2) is 11.0. The molecule has 0 fully saturated rings. The van der Waals surface area contributed by atoms with Crippen LogP contribution in [0.3, 0.4) is 0 Å². The Bertz CT molecular complexity index is 606. The van der Waals surface area contributed by atoms with Crippen molar-refractivity contribution in [3.8, 4) is 0 Å². The topological polar surface area (TPSA) is 52.0 Å². The maximum absolute atomic E-state index is 4.79. The first-order chi connectivity index (χ1) is 13.0. The van der Waals surface area contributed by atoms with Gasteiger partial charge >= 0.3 is 0 Å². The highest BCUT2D eigenvalue weighted by Crippen LogP contribution is 2.10. The molecule has 27 heavy (non-hydrogen) atoms. The molecule has 2 rings (SSSR count). The third-order valence-electron chi connectivity index (χ3n) is 4.76. The van der Waals surface area contributed by atoms with Gasteiger partial charge in [0.05, 0.1) is 0 Å². The van der Waals surface area contributed by atoms with Crippen LogP contribution in [0, 0.1) is 0 Å². The number of guanidine groups is 2. The molecule has 1 heterocycles. The van der Waals surface area contributed by atoms with Crippen molar-refractivity contribution in [3.05, 3.63) is 35.9 Å². The summed E-state index contributed by atoms with van der Waals surface area (Å²) in [6, 6.07) is 10.6. The molecule has 0 atom stereocenters. The minimum Gasteiger partial charge on any atom is -0.345 e. The summed E-state index contributed by atoms with van der Waals surface area (Å²) in [6.07, 6.45) is 8.72. The zero-order chi connectivity index (χ0) is 19.5. The highest BCUT2D eigenvalue weighted by molar-refractivity contribution is 6.00. The number of benzene rings is 1. The number of nitrogens with zero attached hydrogens (tertiary/aromatic N) is 3. The highest BCUT2D eigenvalue weighted by Gasteiger charge is 2.26. The van der Waals surface area contributed by atoms with Crippen LogP contribution in [0.1, 0.15) is 64.9 Å². The van der Waals surface area contributed by atoms with Gasteiger partial charge in [0.1, 0.15) is 5.66 Å². The SMILES string of the molecule is CCCCCCCCN=C1NC(N(C)CCc2ccccc2)=NC(C)(C)N1. The first-order valence-corrected chi connectivity index (χ1v) is 10.4. The standard InChI is InChI=1S/C22H37N5/c1-5-6-7-8-9-13-17-23-20-24-21(26-22(2,3)25-20)27(4)18-16-19-14-11-10-12-15-19/h10-12,14-15H,5-9,13,16-18H2,1-4H3,(H2,23,24,25,26). The van der Waals surface area contributed by atoms with Crippen molar-refractivity contribution in [2.75, 3.05) is 20.1 Å². The summed E-state index contributed by atoms with van der Waals surface area (Å²) in [5.74, 6) is 1.72. The van der Waals surface area contributed by atoms with E-state index >= 15 is 0 Å². The Morgan fingerprint density at radius 3 is 2.48 bits per heavy atom. The lowest BCUT2D eigenvalue weighted by Gasteiger charge is -2.34. The number of unbranched alkanes of at least 4 members (excludes halogenated alkanes) is 5. The molecular formula is C22H37N5. The van der Waals surface area contributed by atoms with E-state index in [1.165, 1.54) is 37.7 Å². The van der Waals surface area contributed by atoms with Crippen LogP contribution in [0.15, 0.2) is 40.3 Å². The maximum Gasteiger partial charge on any atom is 0.202 e. The van der Waals surface area contributed by atoms with Crippen molar-refractivity contribution in [1.29, 1.82) is 0 Å². The fourth-order valence-corrected chi connectivity index (χ4v) is 3.14. The Morgan fingerprint density at radius 2 is 1.74 bits per heavy atom. The Morgan fingerprint density at radius 1 is 1.04 bits per heavy atom. The molecule has 1 aromatic rings. The van der Waals surface area contributed by atoms with E-state index in [0.717, 1.165) is 37.9 Å². The molecule has 150 valence electrons. The minimum absolute atomic E-state index is 0.346. The molecule has 5 nitrogen and oxygen atoms in total. The van der Waals surface area contributed by atoms with Gasteiger partial charge in [-0.3, -0.25) is 10.3 Å². The summed E-state index contributed by atoms with van der Waals surface area (Å²) in [6.45, 7) is 8.19. The van der Waals surface area contributed by atoms with Gasteiger partial charge in [0.15, 0.2) is 5.96 Å². The highest BCUT2D eigenvalue weighted by atomic mass is 15.4. The zero-order valence-corrected chi connectivity index (χ0v) is 17.6. The lowest BCUT2D eigenvalue weighted by molar-refractivity contribution is 0.424. The predicted molar refractivity (Wildman–Crippen MR) is 116 cm³/mol. The van der Waals surface area contributed by atoms with Gasteiger partial charge in [0.25, 0.3) is 0 Å². The van der Waals surface area contributed by atoms with Gasteiger partial charge in [-0.25, -0.2) is 4.99 Å². The molecule has 0 unspecified atom stereocenters. The number of hydrogen-bond donors (Lipinski definition) is 2. The molecule has 1 aromatic carbocycles. The van der Waals surface area contributed by atoms with Gasteiger partial charge in [-0.05, 0) is 32.3 Å². The first kappa shape index (κ1) is 21.3. The van der Waals surface area contributed by atoms with Crippen molar-refractivity contribution >= 4 is 11.9 Å². The Labute approximate surface area is 165 Å². The largest absolute Gasteiger partial charge is 0.345 e.